The molecular weight excluding hydrogens is 269 g/mol. The summed E-state index contributed by atoms with van der Waals surface area (Å²) in [5.74, 6) is 0. The third-order valence-electron chi connectivity index (χ3n) is 2.80. The molecule has 1 aromatic heterocycles. The van der Waals surface area contributed by atoms with Crippen LogP contribution in [0.15, 0.2) is 18.2 Å². The van der Waals surface area contributed by atoms with Crippen LogP contribution in [0.5, 0.6) is 0 Å². The summed E-state index contributed by atoms with van der Waals surface area (Å²) in [7, 11) is 0. The van der Waals surface area contributed by atoms with Crippen LogP contribution in [0.3, 0.4) is 0 Å². The summed E-state index contributed by atoms with van der Waals surface area (Å²) < 4.78 is 0. The summed E-state index contributed by atoms with van der Waals surface area (Å²) in [6, 6.07) is 5.25. The highest BCUT2D eigenvalue weighted by atomic mass is 35.5. The average Bonchev–Trinajstić information content (AvgIpc) is 2.31. The Labute approximate surface area is 116 Å². The Morgan fingerprint density at radius 1 is 1.22 bits per heavy atom. The van der Waals surface area contributed by atoms with Gasteiger partial charge in [0.05, 0.1) is 15.6 Å². The van der Waals surface area contributed by atoms with E-state index >= 15 is 0 Å². The summed E-state index contributed by atoms with van der Waals surface area (Å²) in [5.41, 5.74) is 1.83. The van der Waals surface area contributed by atoms with E-state index in [0.29, 0.717) is 21.1 Å². The third kappa shape index (κ3) is 2.23. The minimum Gasteiger partial charge on any atom is -0.298 e. The van der Waals surface area contributed by atoms with Crippen molar-refractivity contribution in [3.05, 3.63) is 39.5 Å². The minimum atomic E-state index is -0.155. The number of carbonyl (C=O) groups excluding carboxylic acids is 1. The SMILES string of the molecule is CC(C)(C)c1cc(C=O)c2ccc(Cl)c(Cl)c2n1. The average molecular weight is 282 g/mol. The van der Waals surface area contributed by atoms with Crippen LogP contribution >= 0.6 is 23.2 Å². The first kappa shape index (κ1) is 13.3. The van der Waals surface area contributed by atoms with Gasteiger partial charge in [0.2, 0.25) is 0 Å². The smallest absolute Gasteiger partial charge is 0.150 e. The molecule has 18 heavy (non-hydrogen) atoms. The van der Waals surface area contributed by atoms with Crippen LogP contribution in [0.1, 0.15) is 36.8 Å². The Kier molecular flexibility index (Phi) is 3.35. The number of hydrogen-bond donors (Lipinski definition) is 0. The van der Waals surface area contributed by atoms with E-state index in [9.17, 15) is 4.79 Å². The molecule has 0 saturated carbocycles. The largest absolute Gasteiger partial charge is 0.298 e. The van der Waals surface area contributed by atoms with Crippen molar-refractivity contribution in [1.29, 1.82) is 0 Å². The molecular formula is C14H13Cl2NO. The van der Waals surface area contributed by atoms with Gasteiger partial charge in [0.25, 0.3) is 0 Å². The highest BCUT2D eigenvalue weighted by Gasteiger charge is 2.19. The monoisotopic (exact) mass is 281 g/mol. The molecule has 0 radical (unpaired) electrons. The molecule has 0 atom stereocenters. The number of benzene rings is 1. The van der Waals surface area contributed by atoms with Crippen molar-refractivity contribution in [2.24, 2.45) is 0 Å². The van der Waals surface area contributed by atoms with E-state index in [-0.39, 0.29) is 5.41 Å². The number of halogens is 2. The summed E-state index contributed by atoms with van der Waals surface area (Å²) in [5, 5.41) is 1.57. The minimum absolute atomic E-state index is 0.155. The van der Waals surface area contributed by atoms with Gasteiger partial charge in [0.1, 0.15) is 0 Å². The lowest BCUT2D eigenvalue weighted by atomic mass is 9.90. The lowest BCUT2D eigenvalue weighted by Gasteiger charge is -2.19. The van der Waals surface area contributed by atoms with Gasteiger partial charge in [-0.05, 0) is 12.1 Å². The molecule has 0 fully saturated rings. The zero-order chi connectivity index (χ0) is 13.5. The van der Waals surface area contributed by atoms with Gasteiger partial charge >= 0.3 is 0 Å². The summed E-state index contributed by atoms with van der Waals surface area (Å²) in [6.45, 7) is 6.11. The van der Waals surface area contributed by atoms with Crippen molar-refractivity contribution in [3.63, 3.8) is 0 Å². The van der Waals surface area contributed by atoms with E-state index in [1.807, 2.05) is 20.8 Å². The number of aromatic nitrogens is 1. The molecule has 94 valence electrons. The Morgan fingerprint density at radius 2 is 1.89 bits per heavy atom. The van der Waals surface area contributed by atoms with Crippen molar-refractivity contribution < 1.29 is 4.79 Å². The number of rotatable bonds is 1. The first-order valence-corrected chi connectivity index (χ1v) is 6.34. The van der Waals surface area contributed by atoms with Gasteiger partial charge in [-0.1, -0.05) is 50.0 Å². The highest BCUT2D eigenvalue weighted by molar-refractivity contribution is 6.45. The first-order chi connectivity index (χ1) is 8.34. The Morgan fingerprint density at radius 3 is 2.44 bits per heavy atom. The zero-order valence-electron chi connectivity index (χ0n) is 10.4. The summed E-state index contributed by atoms with van der Waals surface area (Å²) >= 11 is 12.2. The predicted octanol–water partition coefficient (Wildman–Crippen LogP) is 4.65. The van der Waals surface area contributed by atoms with Gasteiger partial charge in [0, 0.05) is 22.1 Å². The van der Waals surface area contributed by atoms with Gasteiger partial charge in [-0.25, -0.2) is 0 Å². The fraction of sp³-hybridized carbons (Fsp3) is 0.286. The third-order valence-corrected chi connectivity index (χ3v) is 3.59. The van der Waals surface area contributed by atoms with Gasteiger partial charge in [-0.3, -0.25) is 9.78 Å². The van der Waals surface area contributed by atoms with E-state index in [0.717, 1.165) is 17.4 Å². The molecule has 0 spiro atoms. The standard InChI is InChI=1S/C14H13Cl2NO/c1-14(2,3)11-6-8(7-18)9-4-5-10(15)12(16)13(9)17-11/h4-7H,1-3H3. The molecule has 4 heteroatoms. The molecule has 0 unspecified atom stereocenters. The molecule has 0 aliphatic heterocycles. The number of hydrogen-bond acceptors (Lipinski definition) is 2. The lowest BCUT2D eigenvalue weighted by Crippen LogP contribution is -2.14. The predicted molar refractivity (Wildman–Crippen MR) is 75.9 cm³/mol. The molecule has 0 N–H and O–H groups in total. The molecule has 0 bridgehead atoms. The van der Waals surface area contributed by atoms with Crippen LogP contribution in [0.25, 0.3) is 10.9 Å². The van der Waals surface area contributed by atoms with E-state index in [4.69, 9.17) is 23.2 Å². The molecule has 0 aliphatic rings. The van der Waals surface area contributed by atoms with Crippen molar-refractivity contribution in [2.75, 3.05) is 0 Å². The van der Waals surface area contributed by atoms with Gasteiger partial charge in [0.15, 0.2) is 6.29 Å². The number of fused-ring (bicyclic) bond motifs is 1. The zero-order valence-corrected chi connectivity index (χ0v) is 11.9. The fourth-order valence-electron chi connectivity index (χ4n) is 1.74. The topological polar surface area (TPSA) is 30.0 Å². The van der Waals surface area contributed by atoms with Crippen LogP contribution in [-0.2, 0) is 5.41 Å². The van der Waals surface area contributed by atoms with Crippen LogP contribution in [0.2, 0.25) is 10.0 Å². The maximum absolute atomic E-state index is 11.2. The quantitative estimate of drug-likeness (QED) is 0.712. The molecule has 0 saturated heterocycles. The molecule has 0 amide bonds. The molecule has 1 heterocycles. The maximum atomic E-state index is 11.2. The second kappa shape index (κ2) is 4.52. The fourth-order valence-corrected chi connectivity index (χ4v) is 2.10. The van der Waals surface area contributed by atoms with E-state index in [1.165, 1.54) is 0 Å². The van der Waals surface area contributed by atoms with Crippen molar-refractivity contribution in [2.45, 2.75) is 26.2 Å². The van der Waals surface area contributed by atoms with Crippen LogP contribution in [-0.4, -0.2) is 11.3 Å². The second-order valence-corrected chi connectivity index (χ2v) is 6.01. The molecule has 0 aliphatic carbocycles. The second-order valence-electron chi connectivity index (χ2n) is 5.22. The van der Waals surface area contributed by atoms with Gasteiger partial charge in [-0.2, -0.15) is 0 Å². The molecule has 1 aromatic carbocycles. The lowest BCUT2D eigenvalue weighted by molar-refractivity contribution is 0.112. The number of carbonyl (C=O) groups is 1. The first-order valence-electron chi connectivity index (χ1n) is 5.59. The number of nitrogens with zero attached hydrogens (tertiary/aromatic N) is 1. The van der Waals surface area contributed by atoms with Crippen molar-refractivity contribution in [3.8, 4) is 0 Å². The van der Waals surface area contributed by atoms with Crippen molar-refractivity contribution >= 4 is 40.4 Å². The Bertz CT molecular complexity index is 630. The van der Waals surface area contributed by atoms with Gasteiger partial charge < -0.3 is 0 Å². The van der Waals surface area contributed by atoms with Crippen LogP contribution in [0.4, 0.5) is 0 Å². The van der Waals surface area contributed by atoms with E-state index in [1.54, 1.807) is 18.2 Å². The molecule has 2 aromatic rings. The Balaban J connectivity index is 2.89. The summed E-state index contributed by atoms with van der Waals surface area (Å²) in [6.07, 6.45) is 0.823. The van der Waals surface area contributed by atoms with Crippen LogP contribution < -0.4 is 0 Å². The van der Waals surface area contributed by atoms with Gasteiger partial charge in [-0.15, -0.1) is 0 Å². The summed E-state index contributed by atoms with van der Waals surface area (Å²) in [4.78, 5) is 15.7. The molecule has 2 nitrogen and oxygen atoms in total. The number of pyridine rings is 1. The van der Waals surface area contributed by atoms with Crippen molar-refractivity contribution in [1.82, 2.24) is 4.98 Å². The normalized spacial score (nSPS) is 11.8. The highest BCUT2D eigenvalue weighted by Crippen LogP contribution is 2.33. The molecule has 2 rings (SSSR count). The van der Waals surface area contributed by atoms with Crippen LogP contribution in [0, 0.1) is 0 Å². The van der Waals surface area contributed by atoms with E-state index < -0.39 is 0 Å². The Hall–Kier alpha value is -1.12. The maximum Gasteiger partial charge on any atom is 0.150 e. The number of aldehydes is 1. The van der Waals surface area contributed by atoms with E-state index in [2.05, 4.69) is 4.98 Å².